The number of nitrogens with zero attached hydrogens (tertiary/aromatic N) is 4. The van der Waals surface area contributed by atoms with E-state index in [2.05, 4.69) is 21.0 Å². The van der Waals surface area contributed by atoms with Crippen LogP contribution in [0.25, 0.3) is 0 Å². The molecule has 3 rings (SSSR count). The van der Waals surface area contributed by atoms with Gasteiger partial charge in [-0.15, -0.1) is 11.3 Å². The molecule has 25 heavy (non-hydrogen) atoms. The molecule has 2 aromatic rings. The molecule has 1 aliphatic rings. The van der Waals surface area contributed by atoms with Gasteiger partial charge in [-0.3, -0.25) is 4.68 Å². The van der Waals surface area contributed by atoms with Crippen LogP contribution >= 0.6 is 27.3 Å². The zero-order valence-corrected chi connectivity index (χ0v) is 17.4. The highest BCUT2D eigenvalue weighted by Gasteiger charge is 2.34. The lowest BCUT2D eigenvalue weighted by Crippen LogP contribution is -2.50. The van der Waals surface area contributed by atoms with Crippen LogP contribution in [-0.2, 0) is 26.6 Å². The van der Waals surface area contributed by atoms with Crippen LogP contribution in [-0.4, -0.2) is 61.4 Å². The second kappa shape index (κ2) is 7.08. The smallest absolute Gasteiger partial charge is 0.252 e. The van der Waals surface area contributed by atoms with Gasteiger partial charge in [0.05, 0.1) is 9.98 Å². The fourth-order valence-electron chi connectivity index (χ4n) is 2.51. The Hall–Kier alpha value is -0.790. The summed E-state index contributed by atoms with van der Waals surface area (Å²) in [6, 6.07) is 3.23. The van der Waals surface area contributed by atoms with Crippen molar-refractivity contribution in [1.82, 2.24) is 18.4 Å². The van der Waals surface area contributed by atoms with Crippen molar-refractivity contribution >= 4 is 47.3 Å². The van der Waals surface area contributed by atoms with Crippen LogP contribution < -0.4 is 0 Å². The van der Waals surface area contributed by atoms with Gasteiger partial charge < -0.3 is 0 Å². The van der Waals surface area contributed by atoms with E-state index in [0.717, 1.165) is 15.1 Å². The Morgan fingerprint density at radius 3 is 2.16 bits per heavy atom. The molecule has 138 valence electrons. The molecule has 3 heterocycles. The molecule has 0 bridgehead atoms. The Balaban J connectivity index is 1.73. The molecule has 12 heteroatoms. The third-order valence-corrected chi connectivity index (χ3v) is 9.75. The van der Waals surface area contributed by atoms with Crippen molar-refractivity contribution in [2.75, 3.05) is 26.2 Å². The van der Waals surface area contributed by atoms with Gasteiger partial charge >= 0.3 is 0 Å². The van der Waals surface area contributed by atoms with E-state index in [9.17, 15) is 16.8 Å². The summed E-state index contributed by atoms with van der Waals surface area (Å²) >= 11 is 4.40. The monoisotopic (exact) mass is 468 g/mol. The van der Waals surface area contributed by atoms with Gasteiger partial charge in [-0.05, 0) is 35.0 Å². The minimum absolute atomic E-state index is 0.116. The first-order valence-corrected chi connectivity index (χ1v) is 12.0. The Morgan fingerprint density at radius 1 is 1.08 bits per heavy atom. The summed E-state index contributed by atoms with van der Waals surface area (Å²) in [7, 11) is -7.25. The van der Waals surface area contributed by atoms with Crippen molar-refractivity contribution in [2.24, 2.45) is 0 Å². The number of thiophene rings is 1. The third kappa shape index (κ3) is 3.69. The van der Waals surface area contributed by atoms with Crippen molar-refractivity contribution in [1.29, 1.82) is 0 Å². The lowest BCUT2D eigenvalue weighted by molar-refractivity contribution is 0.273. The molecule has 0 radical (unpaired) electrons. The highest BCUT2D eigenvalue weighted by molar-refractivity contribution is 9.11. The van der Waals surface area contributed by atoms with Gasteiger partial charge in [-0.1, -0.05) is 0 Å². The quantitative estimate of drug-likeness (QED) is 0.661. The summed E-state index contributed by atoms with van der Waals surface area (Å²) in [5.41, 5.74) is 0. The Labute approximate surface area is 159 Å². The van der Waals surface area contributed by atoms with Crippen molar-refractivity contribution in [3.8, 4) is 0 Å². The molecule has 2 aromatic heterocycles. The lowest BCUT2D eigenvalue weighted by Gasteiger charge is -2.32. The number of aromatic nitrogens is 2. The van der Waals surface area contributed by atoms with Gasteiger partial charge in [-0.2, -0.15) is 13.7 Å². The average molecular weight is 469 g/mol. The molecular weight excluding hydrogens is 452 g/mol. The standard InChI is InChI=1S/C13H17BrN4O4S3/c1-2-16-10-11(9-15-16)24(19,20)17-5-7-18(8-6-17)25(21,22)13-4-3-12(14)23-13/h3-4,9-10H,2,5-8H2,1H3. The summed E-state index contributed by atoms with van der Waals surface area (Å²) in [5, 5.41) is 3.99. The maximum absolute atomic E-state index is 12.6. The van der Waals surface area contributed by atoms with Crippen molar-refractivity contribution < 1.29 is 16.8 Å². The maximum Gasteiger partial charge on any atom is 0.252 e. The Kier molecular flexibility index (Phi) is 5.38. The SMILES string of the molecule is CCn1cc(S(=O)(=O)N2CCN(S(=O)(=O)c3ccc(Br)s3)CC2)cn1. The highest BCUT2D eigenvalue weighted by Crippen LogP contribution is 2.29. The predicted molar refractivity (Wildman–Crippen MR) is 97.4 cm³/mol. The van der Waals surface area contributed by atoms with E-state index in [-0.39, 0.29) is 35.3 Å². The molecule has 1 fully saturated rings. The Bertz CT molecular complexity index is 959. The lowest BCUT2D eigenvalue weighted by atomic mass is 10.4. The van der Waals surface area contributed by atoms with Crippen molar-refractivity contribution in [2.45, 2.75) is 22.6 Å². The zero-order valence-electron chi connectivity index (χ0n) is 13.4. The van der Waals surface area contributed by atoms with Gasteiger partial charge in [0.25, 0.3) is 10.0 Å². The molecule has 0 unspecified atom stereocenters. The zero-order chi connectivity index (χ0) is 18.2. The molecule has 0 atom stereocenters. The van der Waals surface area contributed by atoms with Crippen LogP contribution in [0.2, 0.25) is 0 Å². The largest absolute Gasteiger partial charge is 0.272 e. The van der Waals surface area contributed by atoms with E-state index in [4.69, 9.17) is 0 Å². The molecular formula is C13H17BrN4O4S3. The van der Waals surface area contributed by atoms with E-state index in [1.54, 1.807) is 16.8 Å². The molecule has 0 saturated carbocycles. The van der Waals surface area contributed by atoms with E-state index in [1.807, 2.05) is 6.92 Å². The molecule has 1 aliphatic heterocycles. The molecule has 8 nitrogen and oxygen atoms in total. The summed E-state index contributed by atoms with van der Waals surface area (Å²) in [6.07, 6.45) is 2.81. The van der Waals surface area contributed by atoms with E-state index in [1.165, 1.54) is 21.0 Å². The van der Waals surface area contributed by atoms with Crippen LogP contribution in [0.4, 0.5) is 0 Å². The van der Waals surface area contributed by atoms with Crippen molar-refractivity contribution in [3.05, 3.63) is 28.3 Å². The normalized spacial score (nSPS) is 17.8. The van der Waals surface area contributed by atoms with E-state index < -0.39 is 20.0 Å². The minimum atomic E-state index is -3.66. The molecule has 0 spiro atoms. The van der Waals surface area contributed by atoms with Crippen LogP contribution in [0.15, 0.2) is 37.4 Å². The molecule has 0 amide bonds. The average Bonchev–Trinajstić information content (AvgIpc) is 3.24. The number of aryl methyl sites for hydroxylation is 1. The second-order valence-electron chi connectivity index (χ2n) is 5.40. The minimum Gasteiger partial charge on any atom is -0.272 e. The van der Waals surface area contributed by atoms with Gasteiger partial charge in [0.15, 0.2) is 0 Å². The van der Waals surface area contributed by atoms with Gasteiger partial charge in [0.2, 0.25) is 10.0 Å². The number of rotatable bonds is 5. The number of sulfonamides is 2. The van der Waals surface area contributed by atoms with E-state index in [0.29, 0.717) is 6.54 Å². The molecule has 0 aromatic carbocycles. The van der Waals surface area contributed by atoms with E-state index >= 15 is 0 Å². The van der Waals surface area contributed by atoms with Gasteiger partial charge in [0.1, 0.15) is 9.10 Å². The fraction of sp³-hybridized carbons (Fsp3) is 0.462. The van der Waals surface area contributed by atoms with Crippen LogP contribution in [0.3, 0.4) is 0 Å². The summed E-state index contributed by atoms with van der Waals surface area (Å²) < 4.78 is 55.7. The second-order valence-corrected chi connectivity index (χ2v) is 12.0. The van der Waals surface area contributed by atoms with Gasteiger partial charge in [0, 0.05) is 38.9 Å². The molecule has 0 aliphatic carbocycles. The third-order valence-electron chi connectivity index (χ3n) is 3.91. The topological polar surface area (TPSA) is 92.6 Å². The first kappa shape index (κ1) is 19.0. The number of hydrogen-bond donors (Lipinski definition) is 0. The predicted octanol–water partition coefficient (Wildman–Crippen LogP) is 1.42. The van der Waals surface area contributed by atoms with Gasteiger partial charge in [-0.25, -0.2) is 16.8 Å². The molecule has 0 N–H and O–H groups in total. The summed E-state index contributed by atoms with van der Waals surface area (Å²) in [4.78, 5) is 0.132. The van der Waals surface area contributed by atoms with Crippen LogP contribution in [0, 0.1) is 0 Å². The van der Waals surface area contributed by atoms with Crippen LogP contribution in [0.1, 0.15) is 6.92 Å². The highest BCUT2D eigenvalue weighted by atomic mass is 79.9. The number of hydrogen-bond acceptors (Lipinski definition) is 6. The first-order valence-electron chi connectivity index (χ1n) is 7.53. The fourth-order valence-corrected chi connectivity index (χ4v) is 7.48. The maximum atomic E-state index is 12.6. The number of piperazine rings is 1. The first-order chi connectivity index (χ1) is 11.7. The van der Waals surface area contributed by atoms with Crippen LogP contribution in [0.5, 0.6) is 0 Å². The summed E-state index contributed by atoms with van der Waals surface area (Å²) in [5.74, 6) is 0. The van der Waals surface area contributed by atoms with Crippen molar-refractivity contribution in [3.63, 3.8) is 0 Å². The molecule has 1 saturated heterocycles. The Morgan fingerprint density at radius 2 is 1.68 bits per heavy atom. The summed E-state index contributed by atoms with van der Waals surface area (Å²) in [6.45, 7) is 2.93. The number of halogens is 1.